The monoisotopic (exact) mass is 242 g/mol. The Morgan fingerprint density at radius 3 is 2.08 bits per heavy atom. The van der Waals surface area contributed by atoms with Crippen LogP contribution in [-0.4, -0.2) is 9.97 Å². The molecule has 0 bridgehead atoms. The van der Waals surface area contributed by atoms with Crippen LogP contribution in [-0.2, 0) is 0 Å². The van der Waals surface area contributed by atoms with Gasteiger partial charge in [-0.3, -0.25) is 0 Å². The van der Waals surface area contributed by atoms with Gasteiger partial charge in [-0.25, -0.2) is 9.97 Å². The van der Waals surface area contributed by atoms with Crippen molar-refractivity contribution < 1.29 is 0 Å². The van der Waals surface area contributed by atoms with Gasteiger partial charge >= 0.3 is 0 Å². The molecule has 4 heteroatoms. The first-order valence-electron chi connectivity index (χ1n) is 3.28. The number of hydrogen-bond acceptors (Lipinski definition) is 3. The Labute approximate surface area is 83.4 Å². The van der Waals surface area contributed by atoms with Gasteiger partial charge in [-0.2, -0.15) is 0 Å². The molecule has 12 heavy (non-hydrogen) atoms. The summed E-state index contributed by atoms with van der Waals surface area (Å²) in [5.74, 6) is 0. The van der Waals surface area contributed by atoms with Crippen molar-refractivity contribution in [3.8, 4) is 0 Å². The highest BCUT2D eigenvalue weighted by atomic mass is 79.9. The van der Waals surface area contributed by atoms with E-state index in [4.69, 9.17) is 0 Å². The smallest absolute Gasteiger partial charge is 0.115 e. The molecular weight excluding hydrogens is 236 g/mol. The van der Waals surface area contributed by atoms with E-state index >= 15 is 0 Å². The zero-order chi connectivity index (χ0) is 8.65. The van der Waals surface area contributed by atoms with Gasteiger partial charge in [-0.15, -0.1) is 11.3 Å². The molecule has 0 saturated heterocycles. The van der Waals surface area contributed by atoms with Crippen molar-refractivity contribution in [2.24, 2.45) is 0 Å². The van der Waals surface area contributed by atoms with E-state index in [1.54, 1.807) is 29.8 Å². The van der Waals surface area contributed by atoms with Crippen molar-refractivity contribution in [3.63, 3.8) is 0 Å². The average molecular weight is 243 g/mol. The number of hydrogen-bond donors (Lipinski definition) is 0. The largest absolute Gasteiger partial charge is 0.245 e. The van der Waals surface area contributed by atoms with Crippen LogP contribution in [0.15, 0.2) is 46.1 Å². The molecule has 2 nitrogen and oxygen atoms in total. The van der Waals surface area contributed by atoms with E-state index < -0.39 is 0 Å². The lowest BCUT2D eigenvalue weighted by Gasteiger charge is -1.70. The summed E-state index contributed by atoms with van der Waals surface area (Å²) in [4.78, 5) is 7.35. The summed E-state index contributed by atoms with van der Waals surface area (Å²) in [5, 5.41) is 2.03. The molecule has 0 aliphatic rings. The third-order valence-corrected chi connectivity index (χ3v) is 2.44. The Kier molecular flexibility index (Phi) is 4.56. The van der Waals surface area contributed by atoms with Crippen LogP contribution in [0.1, 0.15) is 0 Å². The minimum absolute atomic E-state index is 1.20. The Morgan fingerprint density at radius 2 is 1.92 bits per heavy atom. The van der Waals surface area contributed by atoms with Crippen molar-refractivity contribution in [1.29, 1.82) is 0 Å². The topological polar surface area (TPSA) is 25.8 Å². The molecule has 0 fully saturated rings. The van der Waals surface area contributed by atoms with Gasteiger partial charge in [0.05, 0.1) is 3.79 Å². The molecule has 0 saturated carbocycles. The molecule has 2 heterocycles. The molecule has 0 amide bonds. The maximum Gasteiger partial charge on any atom is 0.115 e. The van der Waals surface area contributed by atoms with Crippen molar-refractivity contribution in [2.45, 2.75) is 0 Å². The number of aromatic nitrogens is 2. The van der Waals surface area contributed by atoms with E-state index in [9.17, 15) is 0 Å². The van der Waals surface area contributed by atoms with Crippen LogP contribution >= 0.6 is 27.3 Å². The summed E-state index contributed by atoms with van der Waals surface area (Å²) in [7, 11) is 0. The van der Waals surface area contributed by atoms with Gasteiger partial charge < -0.3 is 0 Å². The lowest BCUT2D eigenvalue weighted by molar-refractivity contribution is 1.17. The summed E-state index contributed by atoms with van der Waals surface area (Å²) in [6.45, 7) is 0. The number of thiophene rings is 1. The van der Waals surface area contributed by atoms with Crippen molar-refractivity contribution >= 4 is 27.3 Å². The van der Waals surface area contributed by atoms with Gasteiger partial charge in [0.1, 0.15) is 6.33 Å². The Balaban J connectivity index is 0.000000120. The van der Waals surface area contributed by atoms with Crippen molar-refractivity contribution in [3.05, 3.63) is 46.1 Å². The molecule has 2 aromatic rings. The van der Waals surface area contributed by atoms with Crippen LogP contribution in [0.5, 0.6) is 0 Å². The van der Waals surface area contributed by atoms with Crippen LogP contribution in [0.4, 0.5) is 0 Å². The Bertz CT molecular complexity index is 256. The molecular formula is C8H7BrN2S. The summed E-state index contributed by atoms with van der Waals surface area (Å²) >= 11 is 4.99. The lowest BCUT2D eigenvalue weighted by Crippen LogP contribution is -1.66. The quantitative estimate of drug-likeness (QED) is 0.710. The highest BCUT2D eigenvalue weighted by Crippen LogP contribution is 2.14. The second kappa shape index (κ2) is 5.85. The van der Waals surface area contributed by atoms with Crippen LogP contribution in [0.25, 0.3) is 0 Å². The van der Waals surface area contributed by atoms with Gasteiger partial charge in [0, 0.05) is 12.4 Å². The first-order valence-corrected chi connectivity index (χ1v) is 4.96. The first-order chi connectivity index (χ1) is 5.89. The standard InChI is InChI=1S/C4H3BrS.C4H4N2/c5-4-2-1-3-6-4;1-2-5-4-6-3-1/h1-3H;1-4H. The van der Waals surface area contributed by atoms with Crippen molar-refractivity contribution in [1.82, 2.24) is 9.97 Å². The molecule has 0 unspecified atom stereocenters. The minimum atomic E-state index is 1.20. The molecule has 0 spiro atoms. The minimum Gasteiger partial charge on any atom is -0.245 e. The maximum atomic E-state index is 3.67. The summed E-state index contributed by atoms with van der Waals surface area (Å²) < 4.78 is 1.20. The summed E-state index contributed by atoms with van der Waals surface area (Å²) in [5.41, 5.74) is 0. The Morgan fingerprint density at radius 1 is 1.17 bits per heavy atom. The third kappa shape index (κ3) is 4.20. The molecule has 0 radical (unpaired) electrons. The van der Waals surface area contributed by atoms with E-state index in [0.717, 1.165) is 0 Å². The van der Waals surface area contributed by atoms with Gasteiger partial charge in [0.15, 0.2) is 0 Å². The van der Waals surface area contributed by atoms with Crippen LogP contribution < -0.4 is 0 Å². The second-order valence-corrected chi connectivity index (χ2v) is 4.15. The van der Waals surface area contributed by atoms with Gasteiger partial charge in [0.25, 0.3) is 0 Å². The number of rotatable bonds is 0. The Hall–Kier alpha value is -0.740. The molecule has 2 rings (SSSR count). The third-order valence-electron chi connectivity index (χ3n) is 0.964. The lowest BCUT2D eigenvalue weighted by atomic mass is 10.7. The van der Waals surface area contributed by atoms with Crippen LogP contribution in [0.2, 0.25) is 0 Å². The molecule has 62 valence electrons. The van der Waals surface area contributed by atoms with Gasteiger partial charge in [0.2, 0.25) is 0 Å². The highest BCUT2D eigenvalue weighted by Gasteiger charge is 1.77. The fraction of sp³-hybridized carbons (Fsp3) is 0. The van der Waals surface area contributed by atoms with Crippen LogP contribution in [0, 0.1) is 0 Å². The molecule has 0 aromatic carbocycles. The van der Waals surface area contributed by atoms with Crippen molar-refractivity contribution in [2.75, 3.05) is 0 Å². The number of nitrogens with zero attached hydrogens (tertiary/aromatic N) is 2. The summed E-state index contributed by atoms with van der Waals surface area (Å²) in [6, 6.07) is 5.80. The molecule has 2 aromatic heterocycles. The number of halogens is 1. The maximum absolute atomic E-state index is 3.67. The van der Waals surface area contributed by atoms with E-state index in [2.05, 4.69) is 25.9 Å². The summed E-state index contributed by atoms with van der Waals surface area (Å²) in [6.07, 6.45) is 4.88. The zero-order valence-corrected chi connectivity index (χ0v) is 8.62. The van der Waals surface area contributed by atoms with E-state index in [1.807, 2.05) is 17.5 Å². The SMILES string of the molecule is Brc1cccs1.c1cncnc1. The normalized spacial score (nSPS) is 8.42. The predicted octanol–water partition coefficient (Wildman–Crippen LogP) is 2.99. The van der Waals surface area contributed by atoms with E-state index in [-0.39, 0.29) is 0 Å². The fourth-order valence-electron chi connectivity index (χ4n) is 0.512. The first kappa shape index (κ1) is 9.35. The van der Waals surface area contributed by atoms with Gasteiger partial charge in [-0.1, -0.05) is 6.07 Å². The molecule has 0 atom stereocenters. The molecule has 0 aliphatic carbocycles. The van der Waals surface area contributed by atoms with Crippen LogP contribution in [0.3, 0.4) is 0 Å². The molecule has 0 N–H and O–H groups in total. The zero-order valence-electron chi connectivity index (χ0n) is 6.22. The van der Waals surface area contributed by atoms with E-state index in [0.29, 0.717) is 0 Å². The fourth-order valence-corrected chi connectivity index (χ4v) is 1.43. The highest BCUT2D eigenvalue weighted by molar-refractivity contribution is 9.11. The average Bonchev–Trinajstić information content (AvgIpc) is 2.60. The molecule has 0 aliphatic heterocycles. The van der Waals surface area contributed by atoms with Gasteiger partial charge in [-0.05, 0) is 33.4 Å². The second-order valence-electron chi connectivity index (χ2n) is 1.82. The predicted molar refractivity (Wildman–Crippen MR) is 54.1 cm³/mol. The van der Waals surface area contributed by atoms with E-state index in [1.165, 1.54) is 10.1 Å².